The van der Waals surface area contributed by atoms with Crippen molar-refractivity contribution >= 4 is 0 Å². The third kappa shape index (κ3) is 3.55. The molecule has 2 N–H and O–H groups in total. The Morgan fingerprint density at radius 1 is 1.25 bits per heavy atom. The molecule has 1 atom stereocenters. The number of likely N-dealkylation sites (N-methyl/N-ethyl adjacent to an activating group) is 1. The maximum absolute atomic E-state index is 13.7. The van der Waals surface area contributed by atoms with Gasteiger partial charge in [0.1, 0.15) is 0 Å². The lowest BCUT2D eigenvalue weighted by Crippen LogP contribution is -2.39. The Labute approximate surface area is 120 Å². The van der Waals surface area contributed by atoms with Crippen LogP contribution >= 0.6 is 0 Å². The molecule has 0 heterocycles. The van der Waals surface area contributed by atoms with Crippen molar-refractivity contribution < 1.29 is 8.78 Å². The molecule has 0 aliphatic heterocycles. The second-order valence-corrected chi connectivity index (χ2v) is 6.10. The number of nitrogens with two attached hydrogens (primary N) is 1. The number of halogens is 2. The summed E-state index contributed by atoms with van der Waals surface area (Å²) in [6.07, 6.45) is 4.79. The first-order valence-corrected chi connectivity index (χ1v) is 7.38. The predicted octanol–water partition coefficient (Wildman–Crippen LogP) is 3.48. The van der Waals surface area contributed by atoms with Crippen LogP contribution in [0.25, 0.3) is 0 Å². The van der Waals surface area contributed by atoms with Crippen molar-refractivity contribution in [2.75, 3.05) is 13.6 Å². The SMILES string of the molecule is CC1CCC(N(C)CC(N)c2cccc(F)c2F)CC1. The average molecular weight is 282 g/mol. The van der Waals surface area contributed by atoms with E-state index in [1.807, 2.05) is 7.05 Å². The molecule has 0 saturated heterocycles. The van der Waals surface area contributed by atoms with E-state index in [2.05, 4.69) is 11.8 Å². The van der Waals surface area contributed by atoms with Crippen molar-refractivity contribution in [1.82, 2.24) is 4.90 Å². The molecule has 1 aromatic rings. The minimum atomic E-state index is -0.827. The number of nitrogens with zero attached hydrogens (tertiary/aromatic N) is 1. The molecule has 1 unspecified atom stereocenters. The summed E-state index contributed by atoms with van der Waals surface area (Å²) in [4.78, 5) is 2.20. The summed E-state index contributed by atoms with van der Waals surface area (Å²) in [5, 5.41) is 0. The van der Waals surface area contributed by atoms with Crippen molar-refractivity contribution in [3.05, 3.63) is 35.4 Å². The summed E-state index contributed by atoms with van der Waals surface area (Å²) in [5.74, 6) is -0.841. The first-order chi connectivity index (χ1) is 9.49. The van der Waals surface area contributed by atoms with Gasteiger partial charge in [-0.05, 0) is 44.7 Å². The first-order valence-electron chi connectivity index (χ1n) is 7.38. The Morgan fingerprint density at radius 2 is 1.90 bits per heavy atom. The fourth-order valence-corrected chi connectivity index (χ4v) is 3.05. The molecule has 1 aliphatic carbocycles. The van der Waals surface area contributed by atoms with Gasteiger partial charge >= 0.3 is 0 Å². The monoisotopic (exact) mass is 282 g/mol. The number of hydrogen-bond donors (Lipinski definition) is 1. The molecule has 1 saturated carbocycles. The van der Waals surface area contributed by atoms with E-state index in [4.69, 9.17) is 5.73 Å². The van der Waals surface area contributed by atoms with Crippen LogP contribution in [-0.4, -0.2) is 24.5 Å². The molecule has 0 bridgehead atoms. The van der Waals surface area contributed by atoms with Gasteiger partial charge in [0.15, 0.2) is 11.6 Å². The van der Waals surface area contributed by atoms with Gasteiger partial charge in [-0.25, -0.2) is 8.78 Å². The molecule has 1 aliphatic rings. The summed E-state index contributed by atoms with van der Waals surface area (Å²) < 4.78 is 27.0. The molecular weight excluding hydrogens is 258 g/mol. The van der Waals surface area contributed by atoms with Crippen molar-refractivity contribution in [3.8, 4) is 0 Å². The molecule has 112 valence electrons. The summed E-state index contributed by atoms with van der Waals surface area (Å²) in [5.41, 5.74) is 6.32. The fourth-order valence-electron chi connectivity index (χ4n) is 3.05. The van der Waals surface area contributed by atoms with Gasteiger partial charge in [-0.1, -0.05) is 19.1 Å². The minimum Gasteiger partial charge on any atom is -0.323 e. The Morgan fingerprint density at radius 3 is 2.55 bits per heavy atom. The molecule has 1 aromatic carbocycles. The summed E-state index contributed by atoms with van der Waals surface area (Å²) in [7, 11) is 2.03. The Balaban J connectivity index is 1.97. The van der Waals surface area contributed by atoms with Crippen molar-refractivity contribution in [3.63, 3.8) is 0 Å². The van der Waals surface area contributed by atoms with Gasteiger partial charge in [0.25, 0.3) is 0 Å². The standard InChI is InChI=1S/C16H24F2N2/c1-11-6-8-12(9-7-11)20(2)10-15(19)13-4-3-5-14(17)16(13)18/h3-5,11-12,15H,6-10,19H2,1-2H3. The van der Waals surface area contributed by atoms with E-state index in [-0.39, 0.29) is 5.56 Å². The van der Waals surface area contributed by atoms with Crippen molar-refractivity contribution in [2.45, 2.75) is 44.7 Å². The molecule has 0 radical (unpaired) electrons. The minimum absolute atomic E-state index is 0.265. The van der Waals surface area contributed by atoms with E-state index in [1.54, 1.807) is 6.07 Å². The average Bonchev–Trinajstić information content (AvgIpc) is 2.42. The Hall–Kier alpha value is -1.00. The second kappa shape index (κ2) is 6.64. The smallest absolute Gasteiger partial charge is 0.163 e. The zero-order chi connectivity index (χ0) is 14.7. The van der Waals surface area contributed by atoms with E-state index in [0.29, 0.717) is 12.6 Å². The van der Waals surface area contributed by atoms with Gasteiger partial charge in [-0.15, -0.1) is 0 Å². The van der Waals surface area contributed by atoms with Crippen LogP contribution in [0.1, 0.15) is 44.2 Å². The van der Waals surface area contributed by atoms with Crippen LogP contribution in [0.2, 0.25) is 0 Å². The summed E-state index contributed by atoms with van der Waals surface area (Å²) in [6, 6.07) is 4.22. The van der Waals surface area contributed by atoms with Crippen molar-refractivity contribution in [1.29, 1.82) is 0 Å². The van der Waals surface area contributed by atoms with Crippen LogP contribution < -0.4 is 5.73 Å². The van der Waals surface area contributed by atoms with Gasteiger partial charge in [-0.3, -0.25) is 0 Å². The third-order valence-corrected chi connectivity index (χ3v) is 4.47. The number of hydrogen-bond acceptors (Lipinski definition) is 2. The topological polar surface area (TPSA) is 29.3 Å². The lowest BCUT2D eigenvalue weighted by atomic mass is 9.86. The molecule has 0 aromatic heterocycles. The lowest BCUT2D eigenvalue weighted by molar-refractivity contribution is 0.162. The summed E-state index contributed by atoms with van der Waals surface area (Å²) in [6.45, 7) is 2.84. The molecule has 2 rings (SSSR count). The molecule has 20 heavy (non-hydrogen) atoms. The normalized spacial score (nSPS) is 24.9. The van der Waals surface area contributed by atoms with E-state index < -0.39 is 17.7 Å². The quantitative estimate of drug-likeness (QED) is 0.916. The van der Waals surface area contributed by atoms with Crippen LogP contribution in [0.15, 0.2) is 18.2 Å². The fraction of sp³-hybridized carbons (Fsp3) is 0.625. The van der Waals surface area contributed by atoms with Gasteiger partial charge < -0.3 is 10.6 Å². The highest BCUT2D eigenvalue weighted by Crippen LogP contribution is 2.27. The van der Waals surface area contributed by atoms with E-state index in [0.717, 1.165) is 24.8 Å². The zero-order valence-electron chi connectivity index (χ0n) is 12.3. The van der Waals surface area contributed by atoms with Crippen LogP contribution in [0.4, 0.5) is 8.78 Å². The van der Waals surface area contributed by atoms with E-state index in [1.165, 1.54) is 18.9 Å². The number of benzene rings is 1. The maximum atomic E-state index is 13.7. The molecule has 1 fully saturated rings. The Kier molecular flexibility index (Phi) is 5.11. The highest BCUT2D eigenvalue weighted by atomic mass is 19.2. The predicted molar refractivity (Wildman–Crippen MR) is 77.3 cm³/mol. The van der Waals surface area contributed by atoms with Gasteiger partial charge in [-0.2, -0.15) is 0 Å². The molecule has 2 nitrogen and oxygen atoms in total. The lowest BCUT2D eigenvalue weighted by Gasteiger charge is -2.35. The molecule has 4 heteroatoms. The van der Waals surface area contributed by atoms with Crippen LogP contribution in [0, 0.1) is 17.6 Å². The largest absolute Gasteiger partial charge is 0.323 e. The van der Waals surface area contributed by atoms with Gasteiger partial charge in [0, 0.05) is 24.2 Å². The zero-order valence-corrected chi connectivity index (χ0v) is 12.3. The van der Waals surface area contributed by atoms with E-state index >= 15 is 0 Å². The Bertz CT molecular complexity index is 442. The van der Waals surface area contributed by atoms with Crippen LogP contribution in [-0.2, 0) is 0 Å². The third-order valence-electron chi connectivity index (χ3n) is 4.47. The van der Waals surface area contributed by atoms with Crippen LogP contribution in [0.5, 0.6) is 0 Å². The molecular formula is C16H24F2N2. The maximum Gasteiger partial charge on any atom is 0.163 e. The second-order valence-electron chi connectivity index (χ2n) is 6.10. The summed E-state index contributed by atoms with van der Waals surface area (Å²) >= 11 is 0. The van der Waals surface area contributed by atoms with Gasteiger partial charge in [0.05, 0.1) is 0 Å². The van der Waals surface area contributed by atoms with E-state index in [9.17, 15) is 8.78 Å². The van der Waals surface area contributed by atoms with Gasteiger partial charge in [0.2, 0.25) is 0 Å². The highest BCUT2D eigenvalue weighted by molar-refractivity contribution is 5.22. The first kappa shape index (κ1) is 15.4. The van der Waals surface area contributed by atoms with Crippen molar-refractivity contribution in [2.24, 2.45) is 11.7 Å². The molecule has 0 spiro atoms. The van der Waals surface area contributed by atoms with Crippen LogP contribution in [0.3, 0.4) is 0 Å². The highest BCUT2D eigenvalue weighted by Gasteiger charge is 2.24. The molecule has 0 amide bonds. The number of rotatable bonds is 4.